The van der Waals surface area contributed by atoms with Crippen molar-refractivity contribution in [2.24, 2.45) is 5.73 Å². The number of carbonyl (C=O) groups is 3. The summed E-state index contributed by atoms with van der Waals surface area (Å²) in [5.41, 5.74) is 4.66. The number of alkyl carbamates (subject to hydrolysis) is 1. The summed E-state index contributed by atoms with van der Waals surface area (Å²) in [4.78, 5) is 37.6. The van der Waals surface area contributed by atoms with E-state index in [2.05, 4.69) is 10.6 Å². The minimum absolute atomic E-state index is 0.263. The van der Waals surface area contributed by atoms with Crippen molar-refractivity contribution in [3.8, 4) is 0 Å². The van der Waals surface area contributed by atoms with Gasteiger partial charge < -0.3 is 26.0 Å². The first-order valence-electron chi connectivity index (χ1n) is 7.69. The summed E-state index contributed by atoms with van der Waals surface area (Å²) in [6, 6.07) is -1.62. The van der Waals surface area contributed by atoms with Crippen molar-refractivity contribution >= 4 is 29.7 Å². The number of nitrogens with two attached hydrogens (primary N) is 1. The quantitative estimate of drug-likeness (QED) is 0.539. The fourth-order valence-corrected chi connectivity index (χ4v) is 2.27. The van der Waals surface area contributed by atoms with Gasteiger partial charge in [0.2, 0.25) is 11.8 Å². The maximum absolute atomic E-state index is 12.4. The van der Waals surface area contributed by atoms with Crippen LogP contribution in [0.15, 0.2) is 0 Å². The van der Waals surface area contributed by atoms with Gasteiger partial charge in [-0.05, 0) is 53.3 Å². The summed E-state index contributed by atoms with van der Waals surface area (Å²) < 4.78 is 5.17. The molecule has 0 rings (SSSR count). The molecule has 8 nitrogen and oxygen atoms in total. The first kappa shape index (κ1) is 22.5. The Labute approximate surface area is 148 Å². The predicted octanol–water partition coefficient (Wildman–Crippen LogP) is 0.165. The lowest BCUT2D eigenvalue weighted by Gasteiger charge is -2.26. The molecule has 0 bridgehead atoms. The fourth-order valence-electron chi connectivity index (χ4n) is 1.80. The topological polar surface area (TPSA) is 114 Å². The van der Waals surface area contributed by atoms with Crippen molar-refractivity contribution in [2.45, 2.75) is 44.9 Å². The zero-order valence-corrected chi connectivity index (χ0v) is 16.2. The van der Waals surface area contributed by atoms with E-state index < -0.39 is 35.6 Å². The van der Waals surface area contributed by atoms with Crippen LogP contribution in [0.25, 0.3) is 0 Å². The molecule has 140 valence electrons. The van der Waals surface area contributed by atoms with Gasteiger partial charge in [0, 0.05) is 6.54 Å². The van der Waals surface area contributed by atoms with Crippen molar-refractivity contribution in [1.29, 1.82) is 0 Å². The van der Waals surface area contributed by atoms with Gasteiger partial charge in [-0.2, -0.15) is 11.8 Å². The number of likely N-dealkylation sites (N-methyl/N-ethyl adjacent to an activating group) is 1. The Morgan fingerprint density at radius 2 is 1.75 bits per heavy atom. The van der Waals surface area contributed by atoms with E-state index in [1.807, 2.05) is 6.26 Å². The summed E-state index contributed by atoms with van der Waals surface area (Å²) in [5.74, 6) is -0.385. The average Bonchev–Trinajstić information content (AvgIpc) is 2.39. The maximum Gasteiger partial charge on any atom is 0.408 e. The number of nitrogens with one attached hydrogen (secondary N) is 2. The number of hydrogen-bond donors (Lipinski definition) is 3. The van der Waals surface area contributed by atoms with Crippen LogP contribution < -0.4 is 16.4 Å². The number of amides is 3. The molecule has 0 unspecified atom stereocenters. The summed E-state index contributed by atoms with van der Waals surface area (Å²) >= 11 is 1.55. The first-order chi connectivity index (χ1) is 11.0. The molecule has 0 aromatic rings. The van der Waals surface area contributed by atoms with Crippen molar-refractivity contribution < 1.29 is 19.1 Å². The highest BCUT2D eigenvalue weighted by atomic mass is 32.2. The molecule has 24 heavy (non-hydrogen) atoms. The molecule has 0 radical (unpaired) electrons. The molecule has 0 aromatic carbocycles. The molecular formula is C15H30N4O4S. The summed E-state index contributed by atoms with van der Waals surface area (Å²) in [6.07, 6.45) is 1.64. The van der Waals surface area contributed by atoms with E-state index in [-0.39, 0.29) is 6.54 Å². The number of ether oxygens (including phenoxy) is 1. The number of nitrogens with zero attached hydrogens (tertiary/aromatic N) is 1. The highest BCUT2D eigenvalue weighted by Gasteiger charge is 2.27. The number of hydrogen-bond acceptors (Lipinski definition) is 6. The standard InChI is InChI=1S/C15H30N4O4S/c1-15(2,3)23-14(22)18-11(9-19(4)5)13(21)17-10(12(16)20)7-8-24-6/h10-11H,7-9H2,1-6H3,(H2,16,20)(H,17,21)(H,18,22)/t10-,11-/m0/s1. The van der Waals surface area contributed by atoms with Crippen molar-refractivity contribution in [1.82, 2.24) is 15.5 Å². The van der Waals surface area contributed by atoms with Crippen LogP contribution in [0.2, 0.25) is 0 Å². The number of primary amides is 1. The summed E-state index contributed by atoms with van der Waals surface area (Å²) in [5, 5.41) is 5.13. The van der Waals surface area contributed by atoms with E-state index in [9.17, 15) is 14.4 Å². The van der Waals surface area contributed by atoms with Crippen LogP contribution in [0.4, 0.5) is 4.79 Å². The number of thioether (sulfide) groups is 1. The van der Waals surface area contributed by atoms with Crippen molar-refractivity contribution in [3.63, 3.8) is 0 Å². The Balaban J connectivity index is 4.92. The van der Waals surface area contributed by atoms with Gasteiger partial charge in [-0.1, -0.05) is 0 Å². The Hall–Kier alpha value is -1.48. The van der Waals surface area contributed by atoms with Gasteiger partial charge >= 0.3 is 6.09 Å². The minimum atomic E-state index is -0.856. The van der Waals surface area contributed by atoms with Crippen LogP contribution in [-0.2, 0) is 14.3 Å². The zero-order valence-electron chi connectivity index (χ0n) is 15.3. The van der Waals surface area contributed by atoms with E-state index >= 15 is 0 Å². The molecule has 0 saturated heterocycles. The zero-order chi connectivity index (χ0) is 18.9. The lowest BCUT2D eigenvalue weighted by atomic mass is 10.1. The van der Waals surface area contributed by atoms with Gasteiger partial charge in [0.05, 0.1) is 0 Å². The van der Waals surface area contributed by atoms with E-state index in [0.717, 1.165) is 0 Å². The van der Waals surface area contributed by atoms with Crippen LogP contribution in [-0.4, -0.2) is 73.1 Å². The summed E-state index contributed by atoms with van der Waals surface area (Å²) in [6.45, 7) is 5.47. The third-order valence-electron chi connectivity index (χ3n) is 2.83. The average molecular weight is 362 g/mol. The third-order valence-corrected chi connectivity index (χ3v) is 3.47. The normalized spacial score (nSPS) is 14.0. The number of rotatable bonds is 9. The van der Waals surface area contributed by atoms with Crippen LogP contribution >= 0.6 is 11.8 Å². The minimum Gasteiger partial charge on any atom is -0.444 e. The third kappa shape index (κ3) is 10.3. The monoisotopic (exact) mass is 362 g/mol. The van der Waals surface area contributed by atoms with Gasteiger partial charge in [-0.15, -0.1) is 0 Å². The Kier molecular flexibility index (Phi) is 9.76. The summed E-state index contributed by atoms with van der Waals surface area (Å²) in [7, 11) is 3.55. The first-order valence-corrected chi connectivity index (χ1v) is 9.08. The smallest absolute Gasteiger partial charge is 0.408 e. The second-order valence-electron chi connectivity index (χ2n) is 6.71. The molecule has 0 heterocycles. The predicted molar refractivity (Wildman–Crippen MR) is 95.8 cm³/mol. The van der Waals surface area contributed by atoms with E-state index in [0.29, 0.717) is 12.2 Å². The SMILES string of the molecule is CSCC[C@H](NC(=O)[C@H](CN(C)C)NC(=O)OC(C)(C)C)C(N)=O. The fraction of sp³-hybridized carbons (Fsp3) is 0.800. The largest absolute Gasteiger partial charge is 0.444 e. The lowest BCUT2D eigenvalue weighted by Crippen LogP contribution is -2.56. The van der Waals surface area contributed by atoms with Crippen molar-refractivity contribution in [2.75, 3.05) is 32.6 Å². The Morgan fingerprint density at radius 1 is 1.17 bits per heavy atom. The molecule has 0 aliphatic rings. The molecule has 0 aromatic heterocycles. The van der Waals surface area contributed by atoms with E-state index in [1.165, 1.54) is 0 Å². The molecule has 3 amide bonds. The molecule has 9 heteroatoms. The van der Waals surface area contributed by atoms with E-state index in [1.54, 1.807) is 51.5 Å². The van der Waals surface area contributed by atoms with Gasteiger partial charge in [0.1, 0.15) is 17.7 Å². The maximum atomic E-state index is 12.4. The molecule has 0 aliphatic heterocycles. The Bertz CT molecular complexity index is 438. The van der Waals surface area contributed by atoms with Gasteiger partial charge in [-0.25, -0.2) is 4.79 Å². The highest BCUT2D eigenvalue weighted by Crippen LogP contribution is 2.07. The van der Waals surface area contributed by atoms with Gasteiger partial charge in [0.25, 0.3) is 0 Å². The molecule has 0 spiro atoms. The molecule has 0 saturated carbocycles. The number of carbonyl (C=O) groups excluding carboxylic acids is 3. The van der Waals surface area contributed by atoms with Gasteiger partial charge in [-0.3, -0.25) is 9.59 Å². The van der Waals surface area contributed by atoms with Crippen LogP contribution in [0.5, 0.6) is 0 Å². The second kappa shape index (κ2) is 10.4. The molecule has 0 fully saturated rings. The van der Waals surface area contributed by atoms with Crippen LogP contribution in [0.1, 0.15) is 27.2 Å². The van der Waals surface area contributed by atoms with E-state index in [4.69, 9.17) is 10.5 Å². The second-order valence-corrected chi connectivity index (χ2v) is 7.69. The molecule has 4 N–H and O–H groups in total. The molecule has 0 aliphatic carbocycles. The van der Waals surface area contributed by atoms with Crippen LogP contribution in [0, 0.1) is 0 Å². The molecule has 2 atom stereocenters. The Morgan fingerprint density at radius 3 is 2.17 bits per heavy atom. The van der Waals surface area contributed by atoms with Crippen LogP contribution in [0.3, 0.4) is 0 Å². The highest BCUT2D eigenvalue weighted by molar-refractivity contribution is 7.98. The lowest BCUT2D eigenvalue weighted by molar-refractivity contribution is -0.128. The van der Waals surface area contributed by atoms with Gasteiger partial charge in [0.15, 0.2) is 0 Å². The molecular weight excluding hydrogens is 332 g/mol. The van der Waals surface area contributed by atoms with Crippen molar-refractivity contribution in [3.05, 3.63) is 0 Å².